The van der Waals surface area contributed by atoms with E-state index in [2.05, 4.69) is 10.4 Å². The summed E-state index contributed by atoms with van der Waals surface area (Å²) < 4.78 is 0. The summed E-state index contributed by atoms with van der Waals surface area (Å²) in [5.74, 6) is 0.0549. The maximum atomic E-state index is 12.4. The molecule has 0 fully saturated rings. The first-order valence-corrected chi connectivity index (χ1v) is 8.17. The smallest absolute Gasteiger partial charge is 0.247 e. The zero-order valence-corrected chi connectivity index (χ0v) is 13.5. The second kappa shape index (κ2) is 6.05. The van der Waals surface area contributed by atoms with Crippen molar-refractivity contribution in [3.63, 3.8) is 0 Å². The third kappa shape index (κ3) is 3.10. The van der Waals surface area contributed by atoms with Crippen LogP contribution in [0.2, 0.25) is 0 Å². The van der Waals surface area contributed by atoms with Crippen LogP contribution >= 0.6 is 0 Å². The van der Waals surface area contributed by atoms with Crippen LogP contribution in [0, 0.1) is 0 Å². The Hall–Kier alpha value is -3.15. The van der Waals surface area contributed by atoms with Gasteiger partial charge in [0, 0.05) is 12.1 Å². The highest BCUT2D eigenvalue weighted by Crippen LogP contribution is 2.26. The van der Waals surface area contributed by atoms with Crippen molar-refractivity contribution in [2.75, 3.05) is 11.9 Å². The lowest BCUT2D eigenvalue weighted by Crippen LogP contribution is -2.25. The van der Waals surface area contributed by atoms with Gasteiger partial charge in [-0.1, -0.05) is 18.2 Å². The van der Waals surface area contributed by atoms with Crippen molar-refractivity contribution in [2.45, 2.75) is 19.3 Å². The molecule has 0 atom stereocenters. The van der Waals surface area contributed by atoms with Crippen LogP contribution in [-0.2, 0) is 22.4 Å². The number of carbonyl (C=O) groups excluding carboxylic acids is 2. The molecule has 126 valence electrons. The van der Waals surface area contributed by atoms with E-state index >= 15 is 0 Å². The lowest BCUT2D eigenvalue weighted by molar-refractivity contribution is -0.130. The van der Waals surface area contributed by atoms with Crippen LogP contribution in [0.25, 0.3) is 0 Å². The minimum atomic E-state index is -0.0985. The molecule has 25 heavy (non-hydrogen) atoms. The van der Waals surface area contributed by atoms with Gasteiger partial charge in [0.05, 0.1) is 25.1 Å². The predicted octanol–water partition coefficient (Wildman–Crippen LogP) is 2.07. The normalized spacial score (nSPS) is 15.8. The van der Waals surface area contributed by atoms with E-state index in [9.17, 15) is 14.7 Å². The predicted molar refractivity (Wildman–Crippen MR) is 93.5 cm³/mol. The number of hydrogen-bond donors (Lipinski definition) is 2. The molecular formula is C19H17N3O3. The summed E-state index contributed by atoms with van der Waals surface area (Å²) in [5.41, 5.74) is 4.38. The fourth-order valence-corrected chi connectivity index (χ4v) is 3.18. The molecule has 2 aliphatic rings. The molecule has 0 saturated carbocycles. The highest BCUT2D eigenvalue weighted by molar-refractivity contribution is 6.05. The number of hydrazone groups is 1. The second-order valence-corrected chi connectivity index (χ2v) is 6.26. The number of anilines is 1. The fraction of sp³-hybridized carbons (Fsp3) is 0.211. The Kier molecular flexibility index (Phi) is 3.72. The number of carbonyl (C=O) groups is 2. The van der Waals surface area contributed by atoms with Crippen molar-refractivity contribution >= 4 is 23.2 Å². The van der Waals surface area contributed by atoms with Gasteiger partial charge in [-0.15, -0.1) is 0 Å². The van der Waals surface area contributed by atoms with E-state index in [1.807, 2.05) is 24.3 Å². The van der Waals surface area contributed by atoms with E-state index in [4.69, 9.17) is 0 Å². The Balaban J connectivity index is 1.49. The molecule has 6 heteroatoms. The van der Waals surface area contributed by atoms with Crippen molar-refractivity contribution < 1.29 is 14.7 Å². The number of nitrogens with zero attached hydrogens (tertiary/aromatic N) is 2. The summed E-state index contributed by atoms with van der Waals surface area (Å²) in [7, 11) is 0. The first-order valence-electron chi connectivity index (χ1n) is 8.17. The van der Waals surface area contributed by atoms with E-state index in [1.165, 1.54) is 5.01 Å². The summed E-state index contributed by atoms with van der Waals surface area (Å²) >= 11 is 0. The molecule has 2 N–H and O–H groups in total. The molecule has 2 heterocycles. The highest BCUT2D eigenvalue weighted by Gasteiger charge is 2.24. The number of rotatable bonds is 3. The Morgan fingerprint density at radius 1 is 1.24 bits per heavy atom. The van der Waals surface area contributed by atoms with Crippen LogP contribution in [0.15, 0.2) is 47.6 Å². The summed E-state index contributed by atoms with van der Waals surface area (Å²) in [5, 5.41) is 18.2. The van der Waals surface area contributed by atoms with Gasteiger partial charge in [0.1, 0.15) is 5.75 Å². The summed E-state index contributed by atoms with van der Waals surface area (Å²) in [4.78, 5) is 23.9. The van der Waals surface area contributed by atoms with Crippen LogP contribution in [0.3, 0.4) is 0 Å². The van der Waals surface area contributed by atoms with Crippen LogP contribution in [0.1, 0.15) is 23.1 Å². The fourth-order valence-electron chi connectivity index (χ4n) is 3.18. The van der Waals surface area contributed by atoms with Gasteiger partial charge < -0.3 is 10.4 Å². The van der Waals surface area contributed by atoms with Crippen molar-refractivity contribution in [2.24, 2.45) is 5.10 Å². The molecule has 0 aromatic heterocycles. The average Bonchev–Trinajstić information content (AvgIpc) is 3.19. The SMILES string of the molecule is O=C1Cc2cc(C3=NN(C(=O)Cc4cccc(O)c4)CC3)ccc2N1. The second-order valence-electron chi connectivity index (χ2n) is 6.26. The number of amides is 2. The Morgan fingerprint density at radius 3 is 2.96 bits per heavy atom. The number of phenolic OH excluding ortho intramolecular Hbond substituents is 1. The maximum Gasteiger partial charge on any atom is 0.247 e. The number of benzene rings is 2. The molecule has 4 rings (SSSR count). The van der Waals surface area contributed by atoms with Crippen LogP contribution in [-0.4, -0.2) is 34.2 Å². The first kappa shape index (κ1) is 15.4. The molecule has 0 spiro atoms. The Bertz CT molecular complexity index is 905. The lowest BCUT2D eigenvalue weighted by atomic mass is 10.0. The zero-order chi connectivity index (χ0) is 17.4. The van der Waals surface area contributed by atoms with Gasteiger partial charge in [-0.3, -0.25) is 9.59 Å². The van der Waals surface area contributed by atoms with Gasteiger partial charge in [0.2, 0.25) is 11.8 Å². The quantitative estimate of drug-likeness (QED) is 0.901. The summed E-state index contributed by atoms with van der Waals surface area (Å²) in [6, 6.07) is 12.5. The largest absolute Gasteiger partial charge is 0.508 e. The molecule has 2 aromatic carbocycles. The lowest BCUT2D eigenvalue weighted by Gasteiger charge is -2.11. The molecule has 0 saturated heterocycles. The molecule has 2 aromatic rings. The van der Waals surface area contributed by atoms with Gasteiger partial charge >= 0.3 is 0 Å². The first-order chi connectivity index (χ1) is 12.1. The van der Waals surface area contributed by atoms with Crippen molar-refractivity contribution in [3.05, 3.63) is 59.2 Å². The van der Waals surface area contributed by atoms with Gasteiger partial charge in [-0.05, 0) is 41.0 Å². The van der Waals surface area contributed by atoms with E-state index in [-0.39, 0.29) is 24.0 Å². The van der Waals surface area contributed by atoms with Gasteiger partial charge in [-0.2, -0.15) is 5.10 Å². The molecule has 2 amide bonds. The van der Waals surface area contributed by atoms with Crippen molar-refractivity contribution in [1.82, 2.24) is 5.01 Å². The minimum absolute atomic E-state index is 0.00317. The number of fused-ring (bicyclic) bond motifs is 1. The standard InChI is InChI=1S/C19H17N3O3/c23-15-3-1-2-12(8-15)9-19(25)22-7-6-17(21-22)13-4-5-16-14(10-13)11-18(24)20-16/h1-5,8,10,23H,6-7,9,11H2,(H,20,24). The van der Waals surface area contributed by atoms with Crippen LogP contribution < -0.4 is 5.32 Å². The molecule has 0 bridgehead atoms. The third-order valence-electron chi connectivity index (χ3n) is 4.42. The third-order valence-corrected chi connectivity index (χ3v) is 4.42. The highest BCUT2D eigenvalue weighted by atomic mass is 16.3. The zero-order valence-electron chi connectivity index (χ0n) is 13.5. The molecular weight excluding hydrogens is 318 g/mol. The molecule has 2 aliphatic heterocycles. The van der Waals surface area contributed by atoms with Gasteiger partial charge in [0.15, 0.2) is 0 Å². The number of nitrogens with one attached hydrogen (secondary N) is 1. The molecule has 0 aliphatic carbocycles. The van der Waals surface area contributed by atoms with E-state index < -0.39 is 0 Å². The van der Waals surface area contributed by atoms with E-state index in [0.29, 0.717) is 19.4 Å². The summed E-state index contributed by atoms with van der Waals surface area (Å²) in [6.07, 6.45) is 1.27. The molecule has 0 radical (unpaired) electrons. The summed E-state index contributed by atoms with van der Waals surface area (Å²) in [6.45, 7) is 0.543. The molecule has 6 nitrogen and oxygen atoms in total. The van der Waals surface area contributed by atoms with Crippen molar-refractivity contribution in [1.29, 1.82) is 0 Å². The number of hydrogen-bond acceptors (Lipinski definition) is 4. The Morgan fingerprint density at radius 2 is 2.12 bits per heavy atom. The van der Waals surface area contributed by atoms with E-state index in [1.54, 1.807) is 18.2 Å². The number of aromatic hydroxyl groups is 1. The van der Waals surface area contributed by atoms with Gasteiger partial charge in [-0.25, -0.2) is 5.01 Å². The van der Waals surface area contributed by atoms with Gasteiger partial charge in [0.25, 0.3) is 0 Å². The maximum absolute atomic E-state index is 12.4. The monoisotopic (exact) mass is 335 g/mol. The van der Waals surface area contributed by atoms with Crippen LogP contribution in [0.5, 0.6) is 5.75 Å². The van der Waals surface area contributed by atoms with Crippen LogP contribution in [0.4, 0.5) is 5.69 Å². The van der Waals surface area contributed by atoms with E-state index in [0.717, 1.165) is 28.1 Å². The minimum Gasteiger partial charge on any atom is -0.508 e. The molecule has 0 unspecified atom stereocenters. The van der Waals surface area contributed by atoms with Crippen molar-refractivity contribution in [3.8, 4) is 5.75 Å². The topological polar surface area (TPSA) is 82.0 Å². The Labute approximate surface area is 144 Å². The average molecular weight is 335 g/mol. The number of phenols is 1.